The number of thiazole rings is 1. The number of aromatic nitrogens is 1. The Morgan fingerprint density at radius 3 is 2.59 bits per heavy atom. The fourth-order valence-corrected chi connectivity index (χ4v) is 4.04. The maximum atomic E-state index is 13.8. The van der Waals surface area contributed by atoms with E-state index in [9.17, 15) is 13.6 Å². The van der Waals surface area contributed by atoms with Gasteiger partial charge in [0.25, 0.3) is 5.91 Å². The maximum absolute atomic E-state index is 13.8. The van der Waals surface area contributed by atoms with Gasteiger partial charge in [0.05, 0.1) is 4.70 Å². The van der Waals surface area contributed by atoms with E-state index >= 15 is 0 Å². The zero-order chi connectivity index (χ0) is 18.8. The molecule has 4 rings (SSSR count). The average Bonchev–Trinajstić information content (AvgIpc) is 3.11. The lowest BCUT2D eigenvalue weighted by Gasteiger charge is -2.34. The normalized spacial score (nSPS) is 14.6. The van der Waals surface area contributed by atoms with Crippen molar-refractivity contribution in [3.8, 4) is 5.75 Å². The van der Waals surface area contributed by atoms with Crippen molar-refractivity contribution < 1.29 is 18.3 Å². The lowest BCUT2D eigenvalue weighted by molar-refractivity contribution is -0.133. The predicted molar refractivity (Wildman–Crippen MR) is 100 cm³/mol. The zero-order valence-corrected chi connectivity index (χ0v) is 15.2. The quantitative estimate of drug-likeness (QED) is 0.687. The number of para-hydroxylation sites is 1. The number of carbonyl (C=O) groups is 1. The van der Waals surface area contributed by atoms with E-state index in [1.54, 1.807) is 17.0 Å². The van der Waals surface area contributed by atoms with E-state index in [1.807, 2.05) is 23.1 Å². The molecule has 2 heterocycles. The third-order valence-corrected chi connectivity index (χ3v) is 5.47. The molecule has 8 heteroatoms. The van der Waals surface area contributed by atoms with Crippen LogP contribution in [0.1, 0.15) is 0 Å². The van der Waals surface area contributed by atoms with Gasteiger partial charge in [-0.15, -0.1) is 0 Å². The standard InChI is InChI=1S/C19H17F2N3O2S/c20-13-10-15(21)18-16(11-13)27-19(22-18)24-8-6-23(7-9-24)17(25)12-26-14-4-2-1-3-5-14/h1-5,10-11H,6-9,12H2. The van der Waals surface area contributed by atoms with Crippen LogP contribution in [0.5, 0.6) is 5.75 Å². The Morgan fingerprint density at radius 1 is 1.11 bits per heavy atom. The number of benzene rings is 2. The number of ether oxygens (including phenoxy) is 1. The SMILES string of the molecule is O=C(COc1ccccc1)N1CCN(c2nc3c(F)cc(F)cc3s2)CC1. The second-order valence-electron chi connectivity index (χ2n) is 6.20. The molecular weight excluding hydrogens is 372 g/mol. The van der Waals surface area contributed by atoms with Crippen LogP contribution in [0.25, 0.3) is 10.2 Å². The number of anilines is 1. The van der Waals surface area contributed by atoms with E-state index in [0.717, 1.165) is 6.07 Å². The van der Waals surface area contributed by atoms with Crippen molar-refractivity contribution in [2.45, 2.75) is 0 Å². The molecule has 2 aromatic carbocycles. The monoisotopic (exact) mass is 389 g/mol. The van der Waals surface area contributed by atoms with Crippen LogP contribution >= 0.6 is 11.3 Å². The highest BCUT2D eigenvalue weighted by Gasteiger charge is 2.24. The molecule has 1 amide bonds. The molecule has 0 atom stereocenters. The number of nitrogens with zero attached hydrogens (tertiary/aromatic N) is 3. The molecule has 1 aliphatic heterocycles. The summed E-state index contributed by atoms with van der Waals surface area (Å²) in [7, 11) is 0. The smallest absolute Gasteiger partial charge is 0.260 e. The van der Waals surface area contributed by atoms with Gasteiger partial charge in [-0.25, -0.2) is 13.8 Å². The van der Waals surface area contributed by atoms with E-state index in [4.69, 9.17) is 4.74 Å². The van der Waals surface area contributed by atoms with E-state index in [0.29, 0.717) is 41.8 Å². The lowest BCUT2D eigenvalue weighted by atomic mass is 10.3. The van der Waals surface area contributed by atoms with Crippen LogP contribution in [0.3, 0.4) is 0 Å². The highest BCUT2D eigenvalue weighted by atomic mass is 32.1. The number of carbonyl (C=O) groups excluding carboxylic acids is 1. The van der Waals surface area contributed by atoms with Gasteiger partial charge in [0, 0.05) is 32.2 Å². The van der Waals surface area contributed by atoms with Crippen molar-refractivity contribution in [2.24, 2.45) is 0 Å². The van der Waals surface area contributed by atoms with Crippen LogP contribution in [-0.2, 0) is 4.79 Å². The Bertz CT molecular complexity index is 956. The molecule has 1 aromatic heterocycles. The van der Waals surface area contributed by atoms with Gasteiger partial charge >= 0.3 is 0 Å². The largest absolute Gasteiger partial charge is 0.484 e. The van der Waals surface area contributed by atoms with Gasteiger partial charge in [-0.3, -0.25) is 4.79 Å². The molecule has 140 valence electrons. The van der Waals surface area contributed by atoms with Gasteiger partial charge < -0.3 is 14.5 Å². The molecule has 0 saturated carbocycles. The first-order chi connectivity index (χ1) is 13.1. The first kappa shape index (κ1) is 17.7. The molecular formula is C19H17F2N3O2S. The van der Waals surface area contributed by atoms with Crippen molar-refractivity contribution in [1.29, 1.82) is 0 Å². The van der Waals surface area contributed by atoms with E-state index in [1.165, 1.54) is 17.4 Å². The number of hydrogen-bond donors (Lipinski definition) is 0. The van der Waals surface area contributed by atoms with Crippen LogP contribution in [0.2, 0.25) is 0 Å². The summed E-state index contributed by atoms with van der Waals surface area (Å²) in [6.45, 7) is 2.23. The van der Waals surface area contributed by atoms with Gasteiger partial charge in [-0.1, -0.05) is 29.5 Å². The second-order valence-corrected chi connectivity index (χ2v) is 7.21. The summed E-state index contributed by atoms with van der Waals surface area (Å²) in [4.78, 5) is 20.3. The van der Waals surface area contributed by atoms with Crippen LogP contribution in [-0.4, -0.2) is 48.6 Å². The molecule has 0 N–H and O–H groups in total. The van der Waals surface area contributed by atoms with Crippen LogP contribution in [0.4, 0.5) is 13.9 Å². The molecule has 0 spiro atoms. The van der Waals surface area contributed by atoms with Crippen molar-refractivity contribution in [3.05, 3.63) is 54.1 Å². The topological polar surface area (TPSA) is 45.7 Å². The van der Waals surface area contributed by atoms with Crippen molar-refractivity contribution in [3.63, 3.8) is 0 Å². The summed E-state index contributed by atoms with van der Waals surface area (Å²) in [6, 6.07) is 11.3. The molecule has 1 fully saturated rings. The Morgan fingerprint density at radius 2 is 1.85 bits per heavy atom. The number of fused-ring (bicyclic) bond motifs is 1. The third-order valence-electron chi connectivity index (χ3n) is 4.41. The third kappa shape index (κ3) is 3.85. The number of halogens is 2. The Hall–Kier alpha value is -2.74. The van der Waals surface area contributed by atoms with Gasteiger partial charge in [-0.2, -0.15) is 0 Å². The summed E-state index contributed by atoms with van der Waals surface area (Å²) >= 11 is 1.26. The molecule has 0 bridgehead atoms. The van der Waals surface area contributed by atoms with E-state index < -0.39 is 11.6 Å². The molecule has 3 aromatic rings. The summed E-state index contributed by atoms with van der Waals surface area (Å²) in [5.74, 6) is -0.674. The first-order valence-electron chi connectivity index (χ1n) is 8.56. The fourth-order valence-electron chi connectivity index (χ4n) is 2.98. The number of amides is 1. The molecule has 27 heavy (non-hydrogen) atoms. The van der Waals surface area contributed by atoms with Gasteiger partial charge in [0.2, 0.25) is 0 Å². The minimum atomic E-state index is -0.653. The lowest BCUT2D eigenvalue weighted by Crippen LogP contribution is -2.50. The molecule has 5 nitrogen and oxygen atoms in total. The summed E-state index contributed by atoms with van der Waals surface area (Å²) in [6.07, 6.45) is 0. The van der Waals surface area contributed by atoms with Gasteiger partial charge in [0.1, 0.15) is 17.1 Å². The van der Waals surface area contributed by atoms with Crippen LogP contribution in [0.15, 0.2) is 42.5 Å². The predicted octanol–water partition coefficient (Wildman–Crippen LogP) is 3.30. The molecule has 0 unspecified atom stereocenters. The van der Waals surface area contributed by atoms with Crippen molar-refractivity contribution in [2.75, 3.05) is 37.7 Å². The molecule has 0 aliphatic carbocycles. The number of hydrogen-bond acceptors (Lipinski definition) is 5. The summed E-state index contributed by atoms with van der Waals surface area (Å²) in [5.41, 5.74) is 0.186. The van der Waals surface area contributed by atoms with Gasteiger partial charge in [0.15, 0.2) is 17.6 Å². The molecule has 1 saturated heterocycles. The number of rotatable bonds is 4. The van der Waals surface area contributed by atoms with E-state index in [2.05, 4.69) is 4.98 Å². The Labute approximate surface area is 158 Å². The fraction of sp³-hybridized carbons (Fsp3) is 0.263. The minimum absolute atomic E-state index is 0.00433. The molecule has 0 radical (unpaired) electrons. The highest BCUT2D eigenvalue weighted by Crippen LogP contribution is 2.31. The first-order valence-corrected chi connectivity index (χ1v) is 9.38. The van der Waals surface area contributed by atoms with Crippen molar-refractivity contribution >= 4 is 32.6 Å². The Kier molecular flexibility index (Phi) is 4.89. The number of piperazine rings is 1. The average molecular weight is 389 g/mol. The maximum Gasteiger partial charge on any atom is 0.260 e. The van der Waals surface area contributed by atoms with Crippen LogP contribution < -0.4 is 9.64 Å². The molecule has 1 aliphatic rings. The highest BCUT2D eigenvalue weighted by molar-refractivity contribution is 7.22. The summed E-state index contributed by atoms with van der Waals surface area (Å²) < 4.78 is 33.2. The minimum Gasteiger partial charge on any atom is -0.484 e. The van der Waals surface area contributed by atoms with Crippen molar-refractivity contribution in [1.82, 2.24) is 9.88 Å². The van der Waals surface area contributed by atoms with Gasteiger partial charge in [-0.05, 0) is 18.2 Å². The Balaban J connectivity index is 1.36. The van der Waals surface area contributed by atoms with Crippen LogP contribution in [0, 0.1) is 11.6 Å². The van der Waals surface area contributed by atoms with E-state index in [-0.39, 0.29) is 18.0 Å². The zero-order valence-electron chi connectivity index (χ0n) is 14.4. The summed E-state index contributed by atoms with van der Waals surface area (Å²) in [5, 5.41) is 0.641. The second kappa shape index (κ2) is 7.48.